The predicted molar refractivity (Wildman–Crippen MR) is 89.7 cm³/mol. The van der Waals surface area contributed by atoms with Crippen molar-refractivity contribution in [1.29, 1.82) is 5.26 Å². The van der Waals surface area contributed by atoms with Gasteiger partial charge in [-0.05, 0) is 23.8 Å². The summed E-state index contributed by atoms with van der Waals surface area (Å²) >= 11 is 0. The molecule has 0 aromatic heterocycles. The van der Waals surface area contributed by atoms with Gasteiger partial charge in [0.2, 0.25) is 5.88 Å². The molecule has 0 fully saturated rings. The minimum absolute atomic E-state index is 0.0791. The highest BCUT2D eigenvalue weighted by Crippen LogP contribution is 2.44. The van der Waals surface area contributed by atoms with Crippen LogP contribution in [0.25, 0.3) is 0 Å². The predicted octanol–water partition coefficient (Wildman–Crippen LogP) is 2.50. The molecule has 0 spiro atoms. The van der Waals surface area contributed by atoms with Crippen molar-refractivity contribution in [2.45, 2.75) is 5.92 Å². The van der Waals surface area contributed by atoms with Crippen LogP contribution in [0.3, 0.4) is 0 Å². The van der Waals surface area contributed by atoms with Gasteiger partial charge in [0, 0.05) is 17.3 Å². The standard InChI is InChI=1S/C18H17N3O3/c1-22-14-6-3-10(7-16(14)23-2)17-12-5-4-11(20)8-15(12)24-18(21)13(17)9-19/h3-8,17H,20-21H2,1-2H3/t17-/m1/s1. The lowest BCUT2D eigenvalue weighted by Gasteiger charge is -2.27. The van der Waals surface area contributed by atoms with Gasteiger partial charge in [0.15, 0.2) is 11.5 Å². The van der Waals surface area contributed by atoms with Gasteiger partial charge in [-0.15, -0.1) is 0 Å². The van der Waals surface area contributed by atoms with E-state index in [1.54, 1.807) is 32.4 Å². The highest BCUT2D eigenvalue weighted by molar-refractivity contribution is 5.60. The zero-order valence-electron chi connectivity index (χ0n) is 13.4. The number of fused-ring (bicyclic) bond motifs is 1. The Morgan fingerprint density at radius 3 is 2.46 bits per heavy atom. The van der Waals surface area contributed by atoms with Crippen LogP contribution in [0.2, 0.25) is 0 Å². The van der Waals surface area contributed by atoms with Gasteiger partial charge in [-0.25, -0.2) is 0 Å². The van der Waals surface area contributed by atoms with Gasteiger partial charge in [0.05, 0.1) is 20.1 Å². The molecular formula is C18H17N3O3. The molecule has 1 heterocycles. The third-order valence-electron chi connectivity index (χ3n) is 3.98. The van der Waals surface area contributed by atoms with Crippen molar-refractivity contribution in [1.82, 2.24) is 0 Å². The number of hydrogen-bond donors (Lipinski definition) is 2. The lowest BCUT2D eigenvalue weighted by Crippen LogP contribution is -2.21. The molecule has 6 nitrogen and oxygen atoms in total. The Bertz CT molecular complexity index is 868. The number of nitrogens with zero attached hydrogens (tertiary/aromatic N) is 1. The van der Waals surface area contributed by atoms with Crippen molar-refractivity contribution in [2.75, 3.05) is 20.0 Å². The normalized spacial score (nSPS) is 16.0. The highest BCUT2D eigenvalue weighted by Gasteiger charge is 2.31. The van der Waals surface area contributed by atoms with Crippen molar-refractivity contribution in [3.8, 4) is 23.3 Å². The van der Waals surface area contributed by atoms with Crippen LogP contribution in [0, 0.1) is 11.3 Å². The van der Waals surface area contributed by atoms with Crippen molar-refractivity contribution in [2.24, 2.45) is 5.73 Å². The van der Waals surface area contributed by atoms with Crippen molar-refractivity contribution in [3.63, 3.8) is 0 Å². The van der Waals surface area contributed by atoms with Crippen LogP contribution in [0.1, 0.15) is 17.0 Å². The number of hydrogen-bond acceptors (Lipinski definition) is 6. The quantitative estimate of drug-likeness (QED) is 0.841. The van der Waals surface area contributed by atoms with Crippen LogP contribution in [-0.4, -0.2) is 14.2 Å². The fraction of sp³-hybridized carbons (Fsp3) is 0.167. The van der Waals surface area contributed by atoms with E-state index in [1.807, 2.05) is 18.2 Å². The Morgan fingerprint density at radius 2 is 1.79 bits per heavy atom. The Labute approximate surface area is 139 Å². The number of nitriles is 1. The molecule has 0 saturated heterocycles. The van der Waals surface area contributed by atoms with E-state index in [4.69, 9.17) is 25.7 Å². The van der Waals surface area contributed by atoms with Gasteiger partial charge in [0.25, 0.3) is 0 Å². The number of allylic oxidation sites excluding steroid dienone is 1. The van der Waals surface area contributed by atoms with E-state index in [2.05, 4.69) is 6.07 Å². The lowest BCUT2D eigenvalue weighted by molar-refractivity contribution is 0.354. The maximum absolute atomic E-state index is 9.55. The molecule has 122 valence electrons. The molecule has 2 aromatic carbocycles. The molecule has 0 radical (unpaired) electrons. The van der Waals surface area contributed by atoms with E-state index in [0.717, 1.165) is 11.1 Å². The average Bonchev–Trinajstić information content (AvgIpc) is 2.59. The summed E-state index contributed by atoms with van der Waals surface area (Å²) < 4.78 is 16.2. The third kappa shape index (κ3) is 2.46. The maximum atomic E-state index is 9.55. The van der Waals surface area contributed by atoms with Gasteiger partial charge in [-0.2, -0.15) is 5.26 Å². The van der Waals surface area contributed by atoms with Crippen LogP contribution < -0.4 is 25.7 Å². The summed E-state index contributed by atoms with van der Waals surface area (Å²) in [6.07, 6.45) is 0. The first-order valence-corrected chi connectivity index (χ1v) is 7.28. The van der Waals surface area contributed by atoms with E-state index < -0.39 is 0 Å². The van der Waals surface area contributed by atoms with Crippen LogP contribution in [0.5, 0.6) is 17.2 Å². The summed E-state index contributed by atoms with van der Waals surface area (Å²) in [5.41, 5.74) is 14.4. The molecule has 24 heavy (non-hydrogen) atoms. The molecule has 0 saturated carbocycles. The molecule has 1 atom stereocenters. The highest BCUT2D eigenvalue weighted by atomic mass is 16.5. The molecule has 0 amide bonds. The lowest BCUT2D eigenvalue weighted by atomic mass is 9.83. The molecule has 4 N–H and O–H groups in total. The minimum atomic E-state index is -0.362. The van der Waals surface area contributed by atoms with Gasteiger partial charge >= 0.3 is 0 Å². The number of ether oxygens (including phenoxy) is 3. The number of methoxy groups -OCH3 is 2. The Balaban J connectivity index is 2.20. The van der Waals surface area contributed by atoms with Gasteiger partial charge < -0.3 is 25.7 Å². The zero-order valence-corrected chi connectivity index (χ0v) is 13.4. The van der Waals surface area contributed by atoms with E-state index in [9.17, 15) is 5.26 Å². The maximum Gasteiger partial charge on any atom is 0.205 e. The molecule has 1 aliphatic heterocycles. The van der Waals surface area contributed by atoms with Crippen LogP contribution in [0.4, 0.5) is 5.69 Å². The van der Waals surface area contributed by atoms with Gasteiger partial charge in [0.1, 0.15) is 17.4 Å². The largest absolute Gasteiger partial charge is 0.493 e. The fourth-order valence-corrected chi connectivity index (χ4v) is 2.85. The average molecular weight is 323 g/mol. The second kappa shape index (κ2) is 6.05. The first-order valence-electron chi connectivity index (χ1n) is 7.28. The van der Waals surface area contributed by atoms with E-state index in [-0.39, 0.29) is 11.8 Å². The monoisotopic (exact) mass is 323 g/mol. The van der Waals surface area contributed by atoms with Crippen LogP contribution >= 0.6 is 0 Å². The molecule has 2 aromatic rings. The van der Waals surface area contributed by atoms with Crippen molar-refractivity contribution in [3.05, 3.63) is 59.0 Å². The molecule has 0 aliphatic carbocycles. The summed E-state index contributed by atoms with van der Waals surface area (Å²) in [6.45, 7) is 0. The first-order chi connectivity index (χ1) is 11.6. The SMILES string of the molecule is COc1ccc([C@H]2C(C#N)=C(N)Oc3cc(N)ccc32)cc1OC. The Hall–Kier alpha value is -3.33. The number of rotatable bonds is 3. The third-order valence-corrected chi connectivity index (χ3v) is 3.98. The molecule has 3 rings (SSSR count). The number of benzene rings is 2. The topological polar surface area (TPSA) is 104 Å². The second-order valence-corrected chi connectivity index (χ2v) is 5.34. The number of anilines is 1. The zero-order chi connectivity index (χ0) is 17.3. The molecule has 6 heteroatoms. The molecule has 0 bridgehead atoms. The van der Waals surface area contributed by atoms with E-state index in [0.29, 0.717) is 28.5 Å². The molecule has 1 aliphatic rings. The van der Waals surface area contributed by atoms with Crippen molar-refractivity contribution < 1.29 is 14.2 Å². The summed E-state index contributed by atoms with van der Waals surface area (Å²) in [7, 11) is 3.14. The number of nitrogen functional groups attached to an aromatic ring is 1. The Morgan fingerprint density at radius 1 is 1.04 bits per heavy atom. The summed E-state index contributed by atoms with van der Waals surface area (Å²) in [5.74, 6) is 1.46. The molecule has 0 unspecified atom stereocenters. The smallest absolute Gasteiger partial charge is 0.205 e. The van der Waals surface area contributed by atoms with Crippen molar-refractivity contribution >= 4 is 5.69 Å². The van der Waals surface area contributed by atoms with Crippen LogP contribution in [0.15, 0.2) is 47.9 Å². The van der Waals surface area contributed by atoms with Gasteiger partial charge in [-0.1, -0.05) is 12.1 Å². The summed E-state index contributed by atoms with van der Waals surface area (Å²) in [4.78, 5) is 0. The Kier molecular flexibility index (Phi) is 3.92. The summed E-state index contributed by atoms with van der Waals surface area (Å²) in [6, 6.07) is 13.0. The summed E-state index contributed by atoms with van der Waals surface area (Å²) in [5, 5.41) is 9.55. The second-order valence-electron chi connectivity index (χ2n) is 5.34. The minimum Gasteiger partial charge on any atom is -0.493 e. The molecular weight excluding hydrogens is 306 g/mol. The fourth-order valence-electron chi connectivity index (χ4n) is 2.85. The van der Waals surface area contributed by atoms with Crippen LogP contribution in [-0.2, 0) is 0 Å². The van der Waals surface area contributed by atoms with E-state index in [1.165, 1.54) is 0 Å². The van der Waals surface area contributed by atoms with Gasteiger partial charge in [-0.3, -0.25) is 0 Å². The number of nitrogens with two attached hydrogens (primary N) is 2. The first kappa shape index (κ1) is 15.6. The van der Waals surface area contributed by atoms with E-state index >= 15 is 0 Å².